The summed E-state index contributed by atoms with van der Waals surface area (Å²) in [6.07, 6.45) is -31.3. The Morgan fingerprint density at radius 2 is 0.680 bits per heavy atom. The van der Waals surface area contributed by atoms with Crippen LogP contribution in [0.1, 0.15) is 6.92 Å². The highest BCUT2D eigenvalue weighted by molar-refractivity contribution is 5.19. The summed E-state index contributed by atoms with van der Waals surface area (Å²) in [6, 6.07) is 0. The van der Waals surface area contributed by atoms with Crippen molar-refractivity contribution in [3.63, 3.8) is 0 Å². The van der Waals surface area contributed by atoms with Crippen LogP contribution in [0.2, 0.25) is 0 Å². The van der Waals surface area contributed by atoms with Gasteiger partial charge < -0.3 is 4.74 Å². The molecule has 0 aromatic rings. The average Bonchev–Trinajstić information content (AvgIpc) is 2.31. The van der Waals surface area contributed by atoms with E-state index in [-0.39, 0.29) is 6.92 Å². The minimum absolute atomic E-state index is 0.106. The molecule has 0 heterocycles. The normalized spacial score (nSPS) is 16.3. The minimum atomic E-state index is -8.02. The number of hydrogen-bond donors (Lipinski definition) is 0. The second-order valence-electron chi connectivity index (χ2n) is 4.34. The summed E-state index contributed by atoms with van der Waals surface area (Å²) in [6.45, 7) is -2.01. The zero-order valence-corrected chi connectivity index (χ0v) is 11.3. The van der Waals surface area contributed by atoms with Crippen LogP contribution in [0.15, 0.2) is 0 Å². The van der Waals surface area contributed by atoms with Crippen molar-refractivity contribution in [1.29, 1.82) is 0 Å². The van der Waals surface area contributed by atoms with E-state index in [4.69, 9.17) is 0 Å². The lowest BCUT2D eigenvalue weighted by molar-refractivity contribution is -0.490. The standard InChI is InChI=1S/C9H5F15O/c1-2-25-5(12,3(10,6(13,14)15)7(16,17)18)4(11,8(19,20)21)9(22,23)24/h2H2,1H3. The second-order valence-corrected chi connectivity index (χ2v) is 4.34. The van der Waals surface area contributed by atoms with Crippen LogP contribution in [-0.2, 0) is 4.74 Å². The fourth-order valence-electron chi connectivity index (χ4n) is 1.69. The van der Waals surface area contributed by atoms with Crippen molar-refractivity contribution in [1.82, 2.24) is 0 Å². The van der Waals surface area contributed by atoms with Crippen LogP contribution in [0.5, 0.6) is 0 Å². The Labute approximate surface area is 127 Å². The Morgan fingerprint density at radius 3 is 0.800 bits per heavy atom. The van der Waals surface area contributed by atoms with Gasteiger partial charge in [0.25, 0.3) is 0 Å². The molecule has 0 aromatic carbocycles. The number of hydrogen-bond acceptors (Lipinski definition) is 1. The van der Waals surface area contributed by atoms with E-state index in [0.717, 1.165) is 0 Å². The topological polar surface area (TPSA) is 9.23 Å². The van der Waals surface area contributed by atoms with Crippen LogP contribution in [0.3, 0.4) is 0 Å². The van der Waals surface area contributed by atoms with Crippen molar-refractivity contribution in [2.45, 2.75) is 48.8 Å². The van der Waals surface area contributed by atoms with Crippen molar-refractivity contribution < 1.29 is 70.6 Å². The summed E-state index contributed by atoms with van der Waals surface area (Å²) in [5, 5.41) is 0. The molecule has 0 radical (unpaired) electrons. The van der Waals surface area contributed by atoms with Crippen LogP contribution in [0.25, 0.3) is 0 Å². The Morgan fingerprint density at radius 1 is 0.480 bits per heavy atom. The van der Waals surface area contributed by atoms with Gasteiger partial charge in [-0.25, -0.2) is 13.2 Å². The smallest absolute Gasteiger partial charge is 0.340 e. The molecular weight excluding hydrogens is 409 g/mol. The van der Waals surface area contributed by atoms with Gasteiger partial charge >= 0.3 is 41.9 Å². The molecule has 0 amide bonds. The molecule has 152 valence electrons. The van der Waals surface area contributed by atoms with Crippen LogP contribution < -0.4 is 0 Å². The summed E-state index contributed by atoms with van der Waals surface area (Å²) in [5.41, 5.74) is -16.0. The van der Waals surface area contributed by atoms with Gasteiger partial charge in [0.15, 0.2) is 0 Å². The molecule has 0 saturated heterocycles. The van der Waals surface area contributed by atoms with Crippen molar-refractivity contribution in [2.24, 2.45) is 0 Å². The number of ether oxygens (including phenoxy) is 1. The maximum absolute atomic E-state index is 14.0. The number of alkyl halides is 15. The third-order valence-corrected chi connectivity index (χ3v) is 2.79. The van der Waals surface area contributed by atoms with Gasteiger partial charge in [0, 0.05) is 6.61 Å². The largest absolute Gasteiger partial charge is 0.437 e. The van der Waals surface area contributed by atoms with E-state index in [2.05, 4.69) is 4.74 Å². The summed E-state index contributed by atoms with van der Waals surface area (Å²) in [5.74, 6) is -7.64. The highest BCUT2D eigenvalue weighted by Gasteiger charge is 2.97. The lowest BCUT2D eigenvalue weighted by atomic mass is 9.80. The van der Waals surface area contributed by atoms with Gasteiger partial charge in [-0.2, -0.15) is 52.7 Å². The molecule has 0 saturated carbocycles. The molecular formula is C9H5F15O. The summed E-state index contributed by atoms with van der Waals surface area (Å²) in [7, 11) is 0. The van der Waals surface area contributed by atoms with E-state index in [1.165, 1.54) is 0 Å². The van der Waals surface area contributed by atoms with Gasteiger partial charge in [-0.3, -0.25) is 0 Å². The average molecular weight is 414 g/mol. The summed E-state index contributed by atoms with van der Waals surface area (Å²) >= 11 is 0. The lowest BCUT2D eigenvalue weighted by Crippen LogP contribution is -2.80. The van der Waals surface area contributed by atoms with Gasteiger partial charge in [0.1, 0.15) is 0 Å². The van der Waals surface area contributed by atoms with E-state index < -0.39 is 48.5 Å². The predicted molar refractivity (Wildman–Crippen MR) is 47.4 cm³/mol. The fraction of sp³-hybridized carbons (Fsp3) is 1.00. The Kier molecular flexibility index (Phi) is 5.71. The van der Waals surface area contributed by atoms with E-state index in [1.807, 2.05) is 0 Å². The number of halogens is 15. The molecule has 0 atom stereocenters. The van der Waals surface area contributed by atoms with Crippen LogP contribution in [0.4, 0.5) is 65.9 Å². The summed E-state index contributed by atoms with van der Waals surface area (Å²) in [4.78, 5) is 0. The first-order valence-electron chi connectivity index (χ1n) is 5.53. The van der Waals surface area contributed by atoms with E-state index in [0.29, 0.717) is 0 Å². The van der Waals surface area contributed by atoms with Crippen molar-refractivity contribution >= 4 is 0 Å². The van der Waals surface area contributed by atoms with Gasteiger partial charge in [0.2, 0.25) is 0 Å². The molecule has 16 heteroatoms. The molecule has 0 unspecified atom stereocenters. The molecule has 1 nitrogen and oxygen atoms in total. The highest BCUT2D eigenvalue weighted by Crippen LogP contribution is 2.65. The van der Waals surface area contributed by atoms with Crippen molar-refractivity contribution in [3.05, 3.63) is 0 Å². The molecule has 0 aliphatic carbocycles. The first kappa shape index (κ1) is 23.9. The van der Waals surface area contributed by atoms with Crippen LogP contribution >= 0.6 is 0 Å². The molecule has 0 aliphatic heterocycles. The van der Waals surface area contributed by atoms with Crippen LogP contribution in [-0.4, -0.2) is 48.5 Å². The van der Waals surface area contributed by atoms with Gasteiger partial charge in [-0.05, 0) is 6.92 Å². The van der Waals surface area contributed by atoms with Crippen molar-refractivity contribution in [2.75, 3.05) is 6.61 Å². The molecule has 0 spiro atoms. The second kappa shape index (κ2) is 5.97. The summed E-state index contributed by atoms with van der Waals surface area (Å²) < 4.78 is 193. The molecule has 25 heavy (non-hydrogen) atoms. The van der Waals surface area contributed by atoms with E-state index in [1.54, 1.807) is 0 Å². The van der Waals surface area contributed by atoms with Gasteiger partial charge in [-0.1, -0.05) is 0 Å². The van der Waals surface area contributed by atoms with E-state index in [9.17, 15) is 65.9 Å². The highest BCUT2D eigenvalue weighted by atomic mass is 19.4. The SMILES string of the molecule is CCOC(F)(C(F)(C(F)(F)F)C(F)(F)F)C(F)(C(F)(F)F)C(F)(F)F. The van der Waals surface area contributed by atoms with Crippen molar-refractivity contribution in [3.8, 4) is 0 Å². The molecule has 0 rings (SSSR count). The Balaban J connectivity index is 7.27. The molecule has 0 aliphatic rings. The first-order valence-corrected chi connectivity index (χ1v) is 5.53. The fourth-order valence-corrected chi connectivity index (χ4v) is 1.69. The third-order valence-electron chi connectivity index (χ3n) is 2.79. The molecule has 0 fully saturated rings. The Hall–Kier alpha value is -1.09. The minimum Gasteiger partial charge on any atom is -0.340 e. The molecule has 0 bridgehead atoms. The van der Waals surface area contributed by atoms with Gasteiger partial charge in [-0.15, -0.1) is 0 Å². The third kappa shape index (κ3) is 3.09. The number of rotatable bonds is 4. The monoisotopic (exact) mass is 414 g/mol. The zero-order valence-electron chi connectivity index (χ0n) is 11.3. The lowest BCUT2D eigenvalue weighted by Gasteiger charge is -2.47. The maximum Gasteiger partial charge on any atom is 0.437 e. The maximum atomic E-state index is 14.0. The van der Waals surface area contributed by atoms with Crippen LogP contribution in [0, 0.1) is 0 Å². The van der Waals surface area contributed by atoms with E-state index >= 15 is 0 Å². The zero-order chi connectivity index (χ0) is 20.9. The molecule has 0 N–H and O–H groups in total. The Bertz CT molecular complexity index is 399. The quantitative estimate of drug-likeness (QED) is 0.564. The molecule has 0 aromatic heterocycles. The van der Waals surface area contributed by atoms with Gasteiger partial charge in [0.05, 0.1) is 0 Å². The first-order chi connectivity index (χ1) is 10.6. The predicted octanol–water partition coefficient (Wildman–Crippen LogP) is 5.35.